The summed E-state index contributed by atoms with van der Waals surface area (Å²) in [6.45, 7) is 2.91. The third-order valence-corrected chi connectivity index (χ3v) is 5.46. The average molecular weight is 396 g/mol. The molecule has 2 amide bonds. The van der Waals surface area contributed by atoms with E-state index in [1.807, 2.05) is 0 Å². The zero-order valence-electron chi connectivity index (χ0n) is 16.1. The predicted octanol–water partition coefficient (Wildman–Crippen LogP) is 1.59. The van der Waals surface area contributed by atoms with Crippen molar-refractivity contribution >= 4 is 29.3 Å². The SMILES string of the molecule is CCOC(=O)C1=C(N)OC2=C(C(=O)CCC2)[C@]12C(=O)N(C(C)=O)c1ccccc12. The zero-order valence-corrected chi connectivity index (χ0v) is 16.1. The number of hydrogen-bond donors (Lipinski definition) is 1. The topological polar surface area (TPSA) is 116 Å². The van der Waals surface area contributed by atoms with E-state index in [2.05, 4.69) is 0 Å². The number of nitrogens with two attached hydrogens (primary N) is 1. The van der Waals surface area contributed by atoms with E-state index in [0.29, 0.717) is 24.1 Å². The number of carbonyl (C=O) groups excluding carboxylic acids is 4. The molecule has 3 aliphatic rings. The fourth-order valence-corrected chi connectivity index (χ4v) is 4.46. The molecular weight excluding hydrogens is 376 g/mol. The molecule has 0 saturated carbocycles. The van der Waals surface area contributed by atoms with E-state index in [-0.39, 0.29) is 41.6 Å². The van der Waals surface area contributed by atoms with Crippen molar-refractivity contribution in [1.29, 1.82) is 0 Å². The molecule has 0 radical (unpaired) electrons. The van der Waals surface area contributed by atoms with Gasteiger partial charge in [0, 0.05) is 25.3 Å². The minimum absolute atomic E-state index is 0.0395. The van der Waals surface area contributed by atoms with E-state index in [1.165, 1.54) is 6.92 Å². The first-order chi connectivity index (χ1) is 13.9. The van der Waals surface area contributed by atoms with Crippen molar-refractivity contribution in [3.05, 3.63) is 52.6 Å². The number of nitrogens with zero attached hydrogens (tertiary/aromatic N) is 1. The van der Waals surface area contributed by atoms with E-state index in [0.717, 1.165) is 4.90 Å². The van der Waals surface area contributed by atoms with Crippen LogP contribution in [0.25, 0.3) is 0 Å². The lowest BCUT2D eigenvalue weighted by Gasteiger charge is -2.38. The molecule has 29 heavy (non-hydrogen) atoms. The second kappa shape index (κ2) is 6.58. The molecule has 8 heteroatoms. The van der Waals surface area contributed by atoms with Gasteiger partial charge in [-0.15, -0.1) is 0 Å². The molecule has 0 aromatic heterocycles. The van der Waals surface area contributed by atoms with Gasteiger partial charge < -0.3 is 15.2 Å². The Morgan fingerprint density at radius 1 is 1.24 bits per heavy atom. The number of ether oxygens (including phenoxy) is 2. The van der Waals surface area contributed by atoms with E-state index >= 15 is 0 Å². The normalized spacial score (nSPS) is 23.2. The summed E-state index contributed by atoms with van der Waals surface area (Å²) in [5, 5.41) is 0. The highest BCUT2D eigenvalue weighted by Gasteiger charge is 2.64. The summed E-state index contributed by atoms with van der Waals surface area (Å²) < 4.78 is 10.8. The van der Waals surface area contributed by atoms with Crippen LogP contribution in [0.4, 0.5) is 5.69 Å². The van der Waals surface area contributed by atoms with Crippen molar-refractivity contribution in [2.24, 2.45) is 5.73 Å². The highest BCUT2D eigenvalue weighted by atomic mass is 16.5. The van der Waals surface area contributed by atoms with Gasteiger partial charge in [0.15, 0.2) is 5.78 Å². The van der Waals surface area contributed by atoms with E-state index < -0.39 is 23.2 Å². The fourth-order valence-electron chi connectivity index (χ4n) is 4.46. The number of hydrogen-bond acceptors (Lipinski definition) is 7. The second-order valence-corrected chi connectivity index (χ2v) is 7.06. The Bertz CT molecular complexity index is 1040. The summed E-state index contributed by atoms with van der Waals surface area (Å²) >= 11 is 0. The lowest BCUT2D eigenvalue weighted by Crippen LogP contribution is -2.52. The van der Waals surface area contributed by atoms with Gasteiger partial charge in [-0.3, -0.25) is 14.4 Å². The standard InChI is InChI=1S/C21H20N2O6/c1-3-28-19(26)17-18(22)29-15-10-6-9-14(25)16(15)21(17)12-7-4-5-8-13(12)23(11(2)24)20(21)27/h4-5,7-8H,3,6,9-10,22H2,1-2H3/t21-/m0/s1. The molecule has 0 bridgehead atoms. The summed E-state index contributed by atoms with van der Waals surface area (Å²) in [5.41, 5.74) is 4.73. The van der Waals surface area contributed by atoms with Crippen LogP contribution in [0.3, 0.4) is 0 Å². The summed E-state index contributed by atoms with van der Waals surface area (Å²) in [7, 11) is 0. The van der Waals surface area contributed by atoms with Gasteiger partial charge in [0.1, 0.15) is 16.7 Å². The predicted molar refractivity (Wildman–Crippen MR) is 101 cm³/mol. The zero-order chi connectivity index (χ0) is 20.9. The number of Topliss-reactive ketones (excluding diaryl/α,β-unsaturated/α-hetero) is 1. The van der Waals surface area contributed by atoms with Crippen molar-refractivity contribution in [3.63, 3.8) is 0 Å². The van der Waals surface area contributed by atoms with Gasteiger partial charge in [0.25, 0.3) is 5.91 Å². The van der Waals surface area contributed by atoms with Crippen molar-refractivity contribution in [1.82, 2.24) is 0 Å². The molecule has 0 unspecified atom stereocenters. The first kappa shape index (κ1) is 18.9. The highest BCUT2D eigenvalue weighted by Crippen LogP contribution is 2.56. The Hall–Kier alpha value is -3.42. The number of ketones is 1. The van der Waals surface area contributed by atoms with E-state index in [9.17, 15) is 19.2 Å². The molecule has 0 fully saturated rings. The van der Waals surface area contributed by atoms with Crippen LogP contribution in [0.5, 0.6) is 0 Å². The molecule has 2 heterocycles. The number of allylic oxidation sites excluding steroid dienone is 1. The number of rotatable bonds is 2. The smallest absolute Gasteiger partial charge is 0.341 e. The number of esters is 1. The van der Waals surface area contributed by atoms with Crippen molar-refractivity contribution in [2.45, 2.75) is 38.5 Å². The first-order valence-electron chi connectivity index (χ1n) is 9.42. The molecule has 1 aliphatic carbocycles. The number of benzene rings is 1. The maximum Gasteiger partial charge on any atom is 0.341 e. The van der Waals surface area contributed by atoms with Crippen molar-refractivity contribution in [3.8, 4) is 0 Å². The van der Waals surface area contributed by atoms with Crippen LogP contribution < -0.4 is 10.6 Å². The molecule has 8 nitrogen and oxygen atoms in total. The molecule has 1 atom stereocenters. The molecule has 1 aromatic rings. The number of imide groups is 1. The van der Waals surface area contributed by atoms with Gasteiger partial charge in [-0.1, -0.05) is 18.2 Å². The maximum absolute atomic E-state index is 13.8. The van der Waals surface area contributed by atoms with Crippen LogP contribution in [0.2, 0.25) is 0 Å². The molecule has 2 aliphatic heterocycles. The summed E-state index contributed by atoms with van der Waals surface area (Å²) in [6.07, 6.45) is 1.15. The Morgan fingerprint density at radius 2 is 1.97 bits per heavy atom. The molecule has 1 spiro atoms. The van der Waals surface area contributed by atoms with Gasteiger partial charge in [0.2, 0.25) is 11.8 Å². The molecule has 1 aromatic carbocycles. The van der Waals surface area contributed by atoms with Gasteiger partial charge >= 0.3 is 5.97 Å². The number of amides is 2. The summed E-state index contributed by atoms with van der Waals surface area (Å²) in [4.78, 5) is 53.2. The molecule has 4 rings (SSSR count). The Kier molecular flexibility index (Phi) is 4.29. The van der Waals surface area contributed by atoms with E-state index in [1.54, 1.807) is 31.2 Å². The summed E-state index contributed by atoms with van der Waals surface area (Å²) in [5.74, 6) is -2.44. The maximum atomic E-state index is 13.8. The van der Waals surface area contributed by atoms with Crippen LogP contribution in [0, 0.1) is 0 Å². The number of carbonyl (C=O) groups is 4. The average Bonchev–Trinajstić information content (AvgIpc) is 2.91. The van der Waals surface area contributed by atoms with Crippen molar-refractivity contribution in [2.75, 3.05) is 11.5 Å². The largest absolute Gasteiger partial charge is 0.462 e. The third kappa shape index (κ3) is 2.38. The number of para-hydroxylation sites is 1. The molecule has 150 valence electrons. The third-order valence-electron chi connectivity index (χ3n) is 5.46. The molecule has 2 N–H and O–H groups in total. The molecule has 0 saturated heterocycles. The van der Waals surface area contributed by atoms with Crippen LogP contribution in [-0.2, 0) is 34.1 Å². The monoisotopic (exact) mass is 396 g/mol. The minimum Gasteiger partial charge on any atom is -0.462 e. The Labute approximate surface area is 166 Å². The quantitative estimate of drug-likeness (QED) is 0.755. The van der Waals surface area contributed by atoms with Gasteiger partial charge in [-0.25, -0.2) is 9.69 Å². The number of anilines is 1. The van der Waals surface area contributed by atoms with Crippen LogP contribution in [0.15, 0.2) is 47.1 Å². The lowest BCUT2D eigenvalue weighted by atomic mass is 9.64. The van der Waals surface area contributed by atoms with Crippen LogP contribution in [-0.4, -0.2) is 30.2 Å². The first-order valence-corrected chi connectivity index (χ1v) is 9.42. The Morgan fingerprint density at radius 3 is 2.66 bits per heavy atom. The van der Waals surface area contributed by atoms with Gasteiger partial charge in [-0.05, 0) is 19.4 Å². The van der Waals surface area contributed by atoms with Gasteiger partial charge in [-0.2, -0.15) is 0 Å². The van der Waals surface area contributed by atoms with Gasteiger partial charge in [0.05, 0.1) is 17.9 Å². The second-order valence-electron chi connectivity index (χ2n) is 7.06. The molecular formula is C21H20N2O6. The highest BCUT2D eigenvalue weighted by molar-refractivity contribution is 6.30. The Balaban J connectivity index is 2.12. The fraction of sp³-hybridized carbons (Fsp3) is 0.333. The van der Waals surface area contributed by atoms with Crippen molar-refractivity contribution < 1.29 is 28.7 Å². The minimum atomic E-state index is -1.86. The summed E-state index contributed by atoms with van der Waals surface area (Å²) in [6, 6.07) is 6.58. The lowest BCUT2D eigenvalue weighted by molar-refractivity contribution is -0.141. The van der Waals surface area contributed by atoms with Crippen LogP contribution >= 0.6 is 0 Å². The van der Waals surface area contributed by atoms with Crippen LogP contribution in [0.1, 0.15) is 38.7 Å². The number of fused-ring (bicyclic) bond motifs is 3. The van der Waals surface area contributed by atoms with E-state index in [4.69, 9.17) is 15.2 Å².